The Morgan fingerprint density at radius 3 is 2.81 bits per heavy atom. The van der Waals surface area contributed by atoms with Crippen molar-refractivity contribution in [3.05, 3.63) is 66.0 Å². The number of rotatable bonds is 3. The van der Waals surface area contributed by atoms with E-state index in [4.69, 9.17) is 5.73 Å². The number of aliphatic hydroxyl groups is 1. The van der Waals surface area contributed by atoms with Gasteiger partial charge in [0.25, 0.3) is 5.91 Å². The third-order valence-corrected chi connectivity index (χ3v) is 4.95. The summed E-state index contributed by atoms with van der Waals surface area (Å²) < 4.78 is 0. The number of β-amino-alcohol motifs (C(OH)–C–C–N with tert-alkyl or cyclic N) is 1. The average molecular weight is 348 g/mol. The molecule has 0 saturated carbocycles. The first-order valence-corrected chi connectivity index (χ1v) is 8.63. The van der Waals surface area contributed by atoms with E-state index in [2.05, 4.69) is 9.97 Å². The number of pyridine rings is 2. The molecule has 1 saturated heterocycles. The molecule has 6 nitrogen and oxygen atoms in total. The Morgan fingerprint density at radius 2 is 2.00 bits per heavy atom. The first-order chi connectivity index (χ1) is 12.6. The largest absolute Gasteiger partial charge is 0.391 e. The second-order valence-electron chi connectivity index (χ2n) is 6.70. The summed E-state index contributed by atoms with van der Waals surface area (Å²) in [7, 11) is 0. The van der Waals surface area contributed by atoms with Gasteiger partial charge in [-0.15, -0.1) is 0 Å². The molecule has 1 aliphatic heterocycles. The quantitative estimate of drug-likeness (QED) is 0.754. The molecule has 2 aromatic heterocycles. The van der Waals surface area contributed by atoms with Crippen LogP contribution in [0.5, 0.6) is 0 Å². The van der Waals surface area contributed by atoms with Gasteiger partial charge in [0.05, 0.1) is 17.2 Å². The topological polar surface area (TPSA) is 92.3 Å². The highest BCUT2D eigenvalue weighted by atomic mass is 16.3. The van der Waals surface area contributed by atoms with E-state index in [1.807, 2.05) is 30.3 Å². The number of hydrogen-bond acceptors (Lipinski definition) is 5. The maximum Gasteiger partial charge on any atom is 0.255 e. The molecule has 2 atom stereocenters. The zero-order valence-corrected chi connectivity index (χ0v) is 14.2. The molecule has 26 heavy (non-hydrogen) atoms. The number of nitrogens with two attached hydrogens (primary N) is 1. The number of para-hydroxylation sites is 1. The molecule has 1 aromatic carbocycles. The lowest BCUT2D eigenvalue weighted by Gasteiger charge is -2.16. The highest BCUT2D eigenvalue weighted by molar-refractivity contribution is 5.94. The molecule has 0 spiro atoms. The van der Waals surface area contributed by atoms with Crippen LogP contribution in [0.2, 0.25) is 0 Å². The molecule has 132 valence electrons. The zero-order chi connectivity index (χ0) is 18.1. The van der Waals surface area contributed by atoms with Crippen molar-refractivity contribution in [2.45, 2.75) is 12.5 Å². The number of anilines is 1. The SMILES string of the molecule is Nc1ccc(C(=O)N2C[C@@H](Cc3ccnc4ccccc34)[C@H](O)C2)cn1. The minimum Gasteiger partial charge on any atom is -0.391 e. The number of aliphatic hydroxyl groups excluding tert-OH is 1. The third-order valence-electron chi connectivity index (χ3n) is 4.95. The Balaban J connectivity index is 1.52. The number of hydrogen-bond donors (Lipinski definition) is 2. The standard InChI is InChI=1S/C20H20N4O2/c21-19-6-5-14(10-23-19)20(26)24-11-15(18(25)12-24)9-13-7-8-22-17-4-2-1-3-16(13)17/h1-8,10,15,18,25H,9,11-12H2,(H2,21,23)/t15-,18-/m1/s1. The van der Waals surface area contributed by atoms with Crippen LogP contribution in [0.15, 0.2) is 54.9 Å². The molecular weight excluding hydrogens is 328 g/mol. The summed E-state index contributed by atoms with van der Waals surface area (Å²) >= 11 is 0. The van der Waals surface area contributed by atoms with Gasteiger partial charge in [-0.05, 0) is 36.2 Å². The number of nitrogens with zero attached hydrogens (tertiary/aromatic N) is 3. The fourth-order valence-corrected chi connectivity index (χ4v) is 3.55. The van der Waals surface area contributed by atoms with Crippen molar-refractivity contribution in [3.63, 3.8) is 0 Å². The molecule has 3 aromatic rings. The Kier molecular flexibility index (Phi) is 4.26. The number of aromatic nitrogens is 2. The molecule has 1 aliphatic rings. The molecule has 1 amide bonds. The van der Waals surface area contributed by atoms with Crippen LogP contribution in [0.1, 0.15) is 15.9 Å². The Bertz CT molecular complexity index is 937. The van der Waals surface area contributed by atoms with Crippen LogP contribution in [0, 0.1) is 5.92 Å². The van der Waals surface area contributed by atoms with Gasteiger partial charge in [-0.3, -0.25) is 9.78 Å². The number of fused-ring (bicyclic) bond motifs is 1. The summed E-state index contributed by atoms with van der Waals surface area (Å²) in [6.07, 6.45) is 3.43. The van der Waals surface area contributed by atoms with E-state index in [0.717, 1.165) is 16.5 Å². The van der Waals surface area contributed by atoms with Crippen LogP contribution in [-0.2, 0) is 6.42 Å². The van der Waals surface area contributed by atoms with Crippen LogP contribution >= 0.6 is 0 Å². The van der Waals surface area contributed by atoms with E-state index in [-0.39, 0.29) is 11.8 Å². The number of amides is 1. The van der Waals surface area contributed by atoms with Gasteiger partial charge in [-0.25, -0.2) is 4.98 Å². The summed E-state index contributed by atoms with van der Waals surface area (Å²) in [4.78, 5) is 22.7. The molecule has 3 heterocycles. The van der Waals surface area contributed by atoms with Crippen molar-refractivity contribution in [3.8, 4) is 0 Å². The lowest BCUT2D eigenvalue weighted by Crippen LogP contribution is -2.29. The highest BCUT2D eigenvalue weighted by Gasteiger charge is 2.34. The Labute approximate surface area is 151 Å². The molecule has 4 rings (SSSR count). The van der Waals surface area contributed by atoms with E-state index >= 15 is 0 Å². The van der Waals surface area contributed by atoms with Crippen molar-refractivity contribution in [2.75, 3.05) is 18.8 Å². The third kappa shape index (κ3) is 3.11. The molecule has 1 fully saturated rings. The fraction of sp³-hybridized carbons (Fsp3) is 0.250. The highest BCUT2D eigenvalue weighted by Crippen LogP contribution is 2.26. The maximum absolute atomic E-state index is 12.6. The number of carbonyl (C=O) groups excluding carboxylic acids is 1. The molecule has 6 heteroatoms. The second kappa shape index (κ2) is 6.72. The number of benzene rings is 1. The average Bonchev–Trinajstić information content (AvgIpc) is 3.03. The summed E-state index contributed by atoms with van der Waals surface area (Å²) in [6.45, 7) is 0.845. The predicted octanol–water partition coefficient (Wildman–Crippen LogP) is 1.89. The van der Waals surface area contributed by atoms with E-state index in [1.54, 1.807) is 23.2 Å². The van der Waals surface area contributed by atoms with Crippen LogP contribution in [0.25, 0.3) is 10.9 Å². The number of carbonyl (C=O) groups is 1. The number of likely N-dealkylation sites (tertiary alicyclic amines) is 1. The molecular formula is C20H20N4O2. The first kappa shape index (κ1) is 16.5. The van der Waals surface area contributed by atoms with Crippen molar-refractivity contribution < 1.29 is 9.90 Å². The zero-order valence-electron chi connectivity index (χ0n) is 14.2. The minimum absolute atomic E-state index is 0.00787. The van der Waals surface area contributed by atoms with Crippen molar-refractivity contribution in [2.24, 2.45) is 5.92 Å². The second-order valence-corrected chi connectivity index (χ2v) is 6.70. The molecule has 0 unspecified atom stereocenters. The van der Waals surface area contributed by atoms with Gasteiger partial charge >= 0.3 is 0 Å². The van der Waals surface area contributed by atoms with Gasteiger partial charge < -0.3 is 15.7 Å². The van der Waals surface area contributed by atoms with Gasteiger partial charge in [0.1, 0.15) is 5.82 Å². The lowest BCUT2D eigenvalue weighted by atomic mass is 9.94. The van der Waals surface area contributed by atoms with Crippen LogP contribution in [0.4, 0.5) is 5.82 Å². The molecule has 0 aliphatic carbocycles. The van der Waals surface area contributed by atoms with Gasteiger partial charge in [0, 0.05) is 36.8 Å². The van der Waals surface area contributed by atoms with Crippen molar-refractivity contribution >= 4 is 22.6 Å². The van der Waals surface area contributed by atoms with E-state index in [0.29, 0.717) is 30.9 Å². The van der Waals surface area contributed by atoms with E-state index < -0.39 is 6.10 Å². The van der Waals surface area contributed by atoms with Gasteiger partial charge in [0.15, 0.2) is 0 Å². The van der Waals surface area contributed by atoms with Crippen molar-refractivity contribution in [1.29, 1.82) is 0 Å². The summed E-state index contributed by atoms with van der Waals surface area (Å²) in [6, 6.07) is 13.2. The maximum atomic E-state index is 12.6. The molecule has 0 radical (unpaired) electrons. The monoisotopic (exact) mass is 348 g/mol. The number of nitrogen functional groups attached to an aromatic ring is 1. The summed E-state index contributed by atoms with van der Waals surface area (Å²) in [5.74, 6) is 0.246. The van der Waals surface area contributed by atoms with E-state index in [9.17, 15) is 9.90 Å². The Morgan fingerprint density at radius 1 is 1.15 bits per heavy atom. The summed E-state index contributed by atoms with van der Waals surface area (Å²) in [5, 5.41) is 11.6. The first-order valence-electron chi connectivity index (χ1n) is 8.63. The molecule has 3 N–H and O–H groups in total. The Hall–Kier alpha value is -2.99. The van der Waals surface area contributed by atoms with Crippen LogP contribution in [-0.4, -0.2) is 45.1 Å². The normalized spacial score (nSPS) is 19.8. The summed E-state index contributed by atoms with van der Waals surface area (Å²) in [5.41, 5.74) is 8.15. The van der Waals surface area contributed by atoms with Gasteiger partial charge in [-0.2, -0.15) is 0 Å². The fourth-order valence-electron chi connectivity index (χ4n) is 3.55. The lowest BCUT2D eigenvalue weighted by molar-refractivity contribution is 0.0764. The van der Waals surface area contributed by atoms with Crippen LogP contribution < -0.4 is 5.73 Å². The minimum atomic E-state index is -0.549. The predicted molar refractivity (Wildman–Crippen MR) is 99.5 cm³/mol. The van der Waals surface area contributed by atoms with E-state index in [1.165, 1.54) is 6.20 Å². The van der Waals surface area contributed by atoms with Crippen LogP contribution in [0.3, 0.4) is 0 Å². The smallest absolute Gasteiger partial charge is 0.255 e. The van der Waals surface area contributed by atoms with Gasteiger partial charge in [0.2, 0.25) is 0 Å². The van der Waals surface area contributed by atoms with Gasteiger partial charge in [-0.1, -0.05) is 18.2 Å². The van der Waals surface area contributed by atoms with Crippen molar-refractivity contribution in [1.82, 2.24) is 14.9 Å². The molecule has 0 bridgehead atoms.